The molecule has 2 N–H and O–H groups in total. The van der Waals surface area contributed by atoms with E-state index in [1.165, 1.54) is 49.4 Å². The molecule has 1 aliphatic heterocycles. The largest absolute Gasteiger partial charge is 0.350 e. The molecule has 0 amide bonds. The Hall–Kier alpha value is -5.51. The van der Waals surface area contributed by atoms with Crippen LogP contribution in [0.4, 0.5) is 0 Å². The molecular formula is C41H31N3. The van der Waals surface area contributed by atoms with Gasteiger partial charge in [-0.1, -0.05) is 158 Å². The maximum absolute atomic E-state index is 5.24. The molecule has 0 saturated heterocycles. The normalized spacial score (nSPS) is 16.4. The predicted molar refractivity (Wildman–Crippen MR) is 184 cm³/mol. The van der Waals surface area contributed by atoms with Gasteiger partial charge in [-0.25, -0.2) is 4.99 Å². The van der Waals surface area contributed by atoms with Crippen molar-refractivity contribution >= 4 is 27.4 Å². The molecule has 0 radical (unpaired) electrons. The van der Waals surface area contributed by atoms with Crippen molar-refractivity contribution < 1.29 is 0 Å². The van der Waals surface area contributed by atoms with Crippen molar-refractivity contribution in [1.29, 1.82) is 0 Å². The van der Waals surface area contributed by atoms with Gasteiger partial charge in [-0.15, -0.1) is 0 Å². The second-order valence-corrected chi connectivity index (χ2v) is 11.2. The lowest BCUT2D eigenvalue weighted by Crippen LogP contribution is -2.44. The van der Waals surface area contributed by atoms with Crippen molar-refractivity contribution in [3.63, 3.8) is 0 Å². The highest BCUT2D eigenvalue weighted by atomic mass is 15.3. The molecule has 0 fully saturated rings. The number of benzene rings is 7. The van der Waals surface area contributed by atoms with Crippen LogP contribution in [-0.2, 0) is 0 Å². The number of hydrogen-bond acceptors (Lipinski definition) is 3. The molecule has 3 heteroatoms. The summed E-state index contributed by atoms with van der Waals surface area (Å²) in [4.78, 5) is 5.24. The zero-order chi connectivity index (χ0) is 29.3. The SMILES string of the molecule is c1ccc(C2=NC(c3ccc4c(-c5ccccc5)c5ccccc5c(-c5ccccc5)c4c3)NC(c3ccccc3)N2)cc1. The second-order valence-electron chi connectivity index (χ2n) is 11.2. The summed E-state index contributed by atoms with van der Waals surface area (Å²) in [6, 6.07) is 58.2. The quantitative estimate of drug-likeness (QED) is 0.204. The van der Waals surface area contributed by atoms with E-state index >= 15 is 0 Å². The van der Waals surface area contributed by atoms with Crippen LogP contribution in [0.5, 0.6) is 0 Å². The number of hydrogen-bond donors (Lipinski definition) is 2. The Morgan fingerprint density at radius 1 is 0.409 bits per heavy atom. The topological polar surface area (TPSA) is 36.4 Å². The Kier molecular flexibility index (Phi) is 6.71. The molecule has 2 unspecified atom stereocenters. The van der Waals surface area contributed by atoms with E-state index in [-0.39, 0.29) is 12.3 Å². The van der Waals surface area contributed by atoms with Gasteiger partial charge in [-0.2, -0.15) is 0 Å². The molecule has 8 rings (SSSR count). The van der Waals surface area contributed by atoms with Gasteiger partial charge in [-0.05, 0) is 61.0 Å². The van der Waals surface area contributed by atoms with Crippen molar-refractivity contribution in [2.75, 3.05) is 0 Å². The molecule has 7 aromatic carbocycles. The lowest BCUT2D eigenvalue weighted by molar-refractivity contribution is 0.409. The van der Waals surface area contributed by atoms with E-state index in [0.717, 1.165) is 17.0 Å². The van der Waals surface area contributed by atoms with Crippen LogP contribution in [0.15, 0.2) is 169 Å². The number of nitrogens with one attached hydrogen (secondary N) is 2. The molecule has 3 nitrogen and oxygen atoms in total. The lowest BCUT2D eigenvalue weighted by atomic mass is 9.85. The van der Waals surface area contributed by atoms with Crippen LogP contribution in [0.1, 0.15) is 29.0 Å². The summed E-state index contributed by atoms with van der Waals surface area (Å²) in [5.41, 5.74) is 8.30. The van der Waals surface area contributed by atoms with Crippen LogP contribution in [0.3, 0.4) is 0 Å². The third-order valence-corrected chi connectivity index (χ3v) is 8.53. The average Bonchev–Trinajstić information content (AvgIpc) is 3.11. The number of fused-ring (bicyclic) bond motifs is 2. The fourth-order valence-corrected chi connectivity index (χ4v) is 6.49. The third kappa shape index (κ3) is 4.74. The number of rotatable bonds is 5. The van der Waals surface area contributed by atoms with Gasteiger partial charge in [-0.3, -0.25) is 5.32 Å². The molecule has 0 saturated carbocycles. The molecule has 1 heterocycles. The van der Waals surface area contributed by atoms with Gasteiger partial charge in [0.15, 0.2) is 0 Å². The fourth-order valence-electron chi connectivity index (χ4n) is 6.49. The Balaban J connectivity index is 1.37. The number of amidine groups is 1. The summed E-state index contributed by atoms with van der Waals surface area (Å²) >= 11 is 0. The van der Waals surface area contributed by atoms with Gasteiger partial charge in [0.1, 0.15) is 18.2 Å². The average molecular weight is 566 g/mol. The first-order chi connectivity index (χ1) is 21.8. The van der Waals surface area contributed by atoms with Crippen molar-refractivity contribution in [2.45, 2.75) is 12.3 Å². The first-order valence-corrected chi connectivity index (χ1v) is 15.1. The summed E-state index contributed by atoms with van der Waals surface area (Å²) in [5.74, 6) is 0.884. The third-order valence-electron chi connectivity index (χ3n) is 8.53. The van der Waals surface area contributed by atoms with Crippen molar-refractivity contribution in [2.24, 2.45) is 4.99 Å². The number of nitrogens with zero attached hydrogens (tertiary/aromatic N) is 1. The molecule has 0 spiro atoms. The van der Waals surface area contributed by atoms with Crippen LogP contribution < -0.4 is 10.6 Å². The zero-order valence-electron chi connectivity index (χ0n) is 24.2. The number of aliphatic imine (C=N–C) groups is 1. The van der Waals surface area contributed by atoms with Gasteiger partial charge < -0.3 is 5.32 Å². The van der Waals surface area contributed by atoms with Crippen LogP contribution in [0.2, 0.25) is 0 Å². The molecule has 1 aliphatic rings. The predicted octanol–water partition coefficient (Wildman–Crippen LogP) is 9.66. The molecule has 2 atom stereocenters. The van der Waals surface area contributed by atoms with Gasteiger partial charge in [0, 0.05) is 5.56 Å². The van der Waals surface area contributed by atoms with E-state index in [0.29, 0.717) is 0 Å². The Morgan fingerprint density at radius 2 is 0.886 bits per heavy atom. The molecule has 0 aromatic heterocycles. The highest BCUT2D eigenvalue weighted by molar-refractivity contribution is 6.21. The summed E-state index contributed by atoms with van der Waals surface area (Å²) in [6.07, 6.45) is -0.328. The minimum atomic E-state index is -0.240. The fraction of sp³-hybridized carbons (Fsp3) is 0.0488. The molecular weight excluding hydrogens is 534 g/mol. The second kappa shape index (κ2) is 11.3. The van der Waals surface area contributed by atoms with E-state index in [2.05, 4.69) is 168 Å². The molecule has 0 aliphatic carbocycles. The highest BCUT2D eigenvalue weighted by Crippen LogP contribution is 2.44. The van der Waals surface area contributed by atoms with E-state index < -0.39 is 0 Å². The zero-order valence-corrected chi connectivity index (χ0v) is 24.2. The van der Waals surface area contributed by atoms with Crippen LogP contribution in [-0.4, -0.2) is 5.84 Å². The maximum atomic E-state index is 5.24. The Labute approximate surface area is 257 Å². The molecule has 44 heavy (non-hydrogen) atoms. The standard InChI is InChI=1S/C41H31N3/c1-5-15-28(16-6-1)37-33-23-13-14-24-34(33)38(29-17-7-2-8-18-29)36-27-32(25-26-35(36)37)41-43-39(30-19-9-3-10-20-30)42-40(44-41)31-21-11-4-12-22-31/h1-27,39,41,43H,(H,42,44). The first kappa shape index (κ1) is 26.1. The van der Waals surface area contributed by atoms with Crippen molar-refractivity contribution in [1.82, 2.24) is 10.6 Å². The minimum Gasteiger partial charge on any atom is -0.350 e. The summed E-state index contributed by atoms with van der Waals surface area (Å²) in [6.45, 7) is 0. The molecule has 7 aromatic rings. The lowest BCUT2D eigenvalue weighted by Gasteiger charge is -2.32. The molecule has 0 bridgehead atoms. The summed E-state index contributed by atoms with van der Waals surface area (Å²) < 4.78 is 0. The van der Waals surface area contributed by atoms with Gasteiger partial charge >= 0.3 is 0 Å². The first-order valence-electron chi connectivity index (χ1n) is 15.1. The van der Waals surface area contributed by atoms with Crippen molar-refractivity contribution in [3.8, 4) is 22.3 Å². The smallest absolute Gasteiger partial charge is 0.131 e. The van der Waals surface area contributed by atoms with Crippen molar-refractivity contribution in [3.05, 3.63) is 180 Å². The van der Waals surface area contributed by atoms with Gasteiger partial charge in [0.25, 0.3) is 0 Å². The molecule has 210 valence electrons. The summed E-state index contributed by atoms with van der Waals surface area (Å²) in [5, 5.41) is 12.4. The summed E-state index contributed by atoms with van der Waals surface area (Å²) in [7, 11) is 0. The van der Waals surface area contributed by atoms with Crippen LogP contribution in [0.25, 0.3) is 43.8 Å². The maximum Gasteiger partial charge on any atom is 0.131 e. The van der Waals surface area contributed by atoms with Gasteiger partial charge in [0.05, 0.1) is 0 Å². The monoisotopic (exact) mass is 565 g/mol. The van der Waals surface area contributed by atoms with E-state index in [4.69, 9.17) is 4.99 Å². The Morgan fingerprint density at radius 3 is 1.48 bits per heavy atom. The van der Waals surface area contributed by atoms with E-state index in [1.54, 1.807) is 0 Å². The highest BCUT2D eigenvalue weighted by Gasteiger charge is 2.26. The Bertz CT molecular complexity index is 2100. The van der Waals surface area contributed by atoms with Crippen LogP contribution >= 0.6 is 0 Å². The van der Waals surface area contributed by atoms with E-state index in [9.17, 15) is 0 Å². The van der Waals surface area contributed by atoms with Crippen LogP contribution in [0, 0.1) is 0 Å². The van der Waals surface area contributed by atoms with E-state index in [1.807, 2.05) is 6.07 Å². The minimum absolute atomic E-state index is 0.0883. The van der Waals surface area contributed by atoms with Gasteiger partial charge in [0.2, 0.25) is 0 Å².